The van der Waals surface area contributed by atoms with Crippen LogP contribution in [0.25, 0.3) is 0 Å². The molecule has 2 unspecified atom stereocenters. The minimum Gasteiger partial charge on any atom is -0.368 e. The van der Waals surface area contributed by atoms with Gasteiger partial charge in [0.05, 0.1) is 0 Å². The van der Waals surface area contributed by atoms with Gasteiger partial charge >= 0.3 is 0 Å². The maximum Gasteiger partial charge on any atom is 0.223 e. The fourth-order valence-electron chi connectivity index (χ4n) is 3.68. The molecule has 3 heterocycles. The predicted molar refractivity (Wildman–Crippen MR) is 105 cm³/mol. The Morgan fingerprint density at radius 1 is 1.42 bits per heavy atom. The zero-order valence-corrected chi connectivity index (χ0v) is 16.3. The van der Waals surface area contributed by atoms with Crippen LogP contribution in [0.2, 0.25) is 5.15 Å². The second-order valence-electron chi connectivity index (χ2n) is 7.09. The molecule has 1 aromatic heterocycles. The highest BCUT2D eigenvalue weighted by Crippen LogP contribution is 2.42. The fourth-order valence-corrected chi connectivity index (χ4v) is 4.01. The van der Waals surface area contributed by atoms with Crippen LogP contribution in [0.3, 0.4) is 0 Å². The van der Waals surface area contributed by atoms with Crippen LogP contribution in [-0.2, 0) is 4.79 Å². The molecule has 140 valence electrons. The van der Waals surface area contributed by atoms with E-state index in [9.17, 15) is 4.79 Å². The second-order valence-corrected chi connectivity index (χ2v) is 7.45. The molecular formula is C18H25ClN6O. The maximum absolute atomic E-state index is 11.9. The summed E-state index contributed by atoms with van der Waals surface area (Å²) in [5, 5.41) is 3.01. The molecule has 8 heteroatoms. The summed E-state index contributed by atoms with van der Waals surface area (Å²) in [5.41, 5.74) is 9.02. The number of carbonyl (C=O) groups excluding carboxylic acids is 1. The van der Waals surface area contributed by atoms with E-state index >= 15 is 0 Å². The van der Waals surface area contributed by atoms with Crippen LogP contribution in [-0.4, -0.2) is 42.2 Å². The number of hydrogen-bond acceptors (Lipinski definition) is 6. The molecule has 0 saturated heterocycles. The number of hydrogen-bond donors (Lipinski definition) is 2. The minimum atomic E-state index is -0.0488. The lowest BCUT2D eigenvalue weighted by atomic mass is 9.85. The molecule has 0 aliphatic carbocycles. The van der Waals surface area contributed by atoms with Crippen molar-refractivity contribution in [3.63, 3.8) is 0 Å². The normalized spacial score (nSPS) is 24.8. The summed E-state index contributed by atoms with van der Waals surface area (Å²) in [6.07, 6.45) is 2.37. The van der Waals surface area contributed by atoms with Crippen LogP contribution < -0.4 is 16.0 Å². The van der Waals surface area contributed by atoms with Crippen molar-refractivity contribution in [1.82, 2.24) is 15.3 Å². The predicted octanol–water partition coefficient (Wildman–Crippen LogP) is 2.38. The molecule has 2 aliphatic rings. The van der Waals surface area contributed by atoms with Gasteiger partial charge in [0.1, 0.15) is 11.0 Å². The topological polar surface area (TPSA) is 96.5 Å². The maximum atomic E-state index is 11.9. The Kier molecular flexibility index (Phi) is 5.18. The van der Waals surface area contributed by atoms with Gasteiger partial charge in [-0.05, 0) is 25.3 Å². The van der Waals surface area contributed by atoms with E-state index in [1.807, 2.05) is 13.1 Å². The highest BCUT2D eigenvalue weighted by Gasteiger charge is 2.36. The Labute approximate surface area is 158 Å². The van der Waals surface area contributed by atoms with Crippen molar-refractivity contribution in [2.45, 2.75) is 33.1 Å². The van der Waals surface area contributed by atoms with Crippen LogP contribution in [0.1, 0.15) is 38.7 Å². The number of halogens is 1. The Bertz CT molecular complexity index is 790. The molecule has 3 atom stereocenters. The highest BCUT2D eigenvalue weighted by atomic mass is 35.5. The smallest absolute Gasteiger partial charge is 0.223 e. The van der Waals surface area contributed by atoms with E-state index in [0.29, 0.717) is 24.0 Å². The molecule has 0 aromatic carbocycles. The average Bonchev–Trinajstić information content (AvgIpc) is 2.92. The first-order valence-corrected chi connectivity index (χ1v) is 9.19. The number of nitrogens with two attached hydrogens (primary N) is 1. The van der Waals surface area contributed by atoms with Crippen molar-refractivity contribution in [1.29, 1.82) is 0 Å². The molecule has 3 N–H and O–H groups in total. The van der Waals surface area contributed by atoms with E-state index in [2.05, 4.69) is 39.0 Å². The van der Waals surface area contributed by atoms with Crippen LogP contribution in [0.15, 0.2) is 16.3 Å². The van der Waals surface area contributed by atoms with Crippen molar-refractivity contribution in [2.24, 2.45) is 16.8 Å². The Balaban J connectivity index is 1.88. The molecule has 0 fully saturated rings. The van der Waals surface area contributed by atoms with Crippen molar-refractivity contribution in [3.05, 3.63) is 22.0 Å². The van der Waals surface area contributed by atoms with Gasteiger partial charge in [-0.2, -0.15) is 4.98 Å². The zero-order chi connectivity index (χ0) is 19.0. The standard InChI is InChI=1S/C18H25ClN6O/c1-9-10(2)13(6-22-11(9)3)8-25-7-12(5-14(26)21-4)15-16(19)23-18(20)24-17(15)25/h6,10,12-13H,5,7-8H2,1-4H3,(H,21,26)(H2,20,23,24)/t10?,12-,13?/m0/s1. The Morgan fingerprint density at radius 3 is 2.85 bits per heavy atom. The largest absolute Gasteiger partial charge is 0.368 e. The first-order chi connectivity index (χ1) is 12.3. The van der Waals surface area contributed by atoms with E-state index in [4.69, 9.17) is 17.3 Å². The number of anilines is 2. The minimum absolute atomic E-state index is 0.0299. The number of nitrogens with zero attached hydrogens (tertiary/aromatic N) is 4. The number of nitrogen functional groups attached to an aromatic ring is 1. The highest BCUT2D eigenvalue weighted by molar-refractivity contribution is 6.30. The van der Waals surface area contributed by atoms with Gasteiger partial charge in [0, 0.05) is 55.9 Å². The molecule has 0 radical (unpaired) electrons. The van der Waals surface area contributed by atoms with Gasteiger partial charge < -0.3 is 16.0 Å². The SMILES string of the molecule is CNC(=O)C[C@H]1CN(CC2C=NC(C)=C(C)C2C)c2nc(N)nc(Cl)c21. The third-order valence-electron chi connectivity index (χ3n) is 5.54. The van der Waals surface area contributed by atoms with Gasteiger partial charge in [0.2, 0.25) is 11.9 Å². The van der Waals surface area contributed by atoms with E-state index in [-0.39, 0.29) is 23.7 Å². The summed E-state index contributed by atoms with van der Waals surface area (Å²) >= 11 is 6.35. The Hall–Kier alpha value is -2.15. The monoisotopic (exact) mass is 376 g/mol. The molecule has 0 saturated carbocycles. The van der Waals surface area contributed by atoms with Gasteiger partial charge in [-0.3, -0.25) is 9.79 Å². The summed E-state index contributed by atoms with van der Waals surface area (Å²) in [5.74, 6) is 1.46. The van der Waals surface area contributed by atoms with Gasteiger partial charge in [-0.1, -0.05) is 18.5 Å². The van der Waals surface area contributed by atoms with Crippen LogP contribution in [0.4, 0.5) is 11.8 Å². The van der Waals surface area contributed by atoms with E-state index in [1.54, 1.807) is 7.05 Å². The van der Waals surface area contributed by atoms with Crippen LogP contribution in [0, 0.1) is 11.8 Å². The van der Waals surface area contributed by atoms with Gasteiger partial charge in [0.25, 0.3) is 0 Å². The van der Waals surface area contributed by atoms with Gasteiger partial charge in [-0.25, -0.2) is 4.98 Å². The Morgan fingerprint density at radius 2 is 2.15 bits per heavy atom. The summed E-state index contributed by atoms with van der Waals surface area (Å²) in [4.78, 5) is 27.1. The van der Waals surface area contributed by atoms with Crippen LogP contribution >= 0.6 is 11.6 Å². The van der Waals surface area contributed by atoms with E-state index in [0.717, 1.165) is 23.6 Å². The lowest BCUT2D eigenvalue weighted by Gasteiger charge is -2.30. The third-order valence-corrected chi connectivity index (χ3v) is 5.83. The van der Waals surface area contributed by atoms with Crippen molar-refractivity contribution in [3.8, 4) is 0 Å². The summed E-state index contributed by atoms with van der Waals surface area (Å²) < 4.78 is 0. The molecular weight excluding hydrogens is 352 g/mol. The first-order valence-electron chi connectivity index (χ1n) is 8.81. The van der Waals surface area contributed by atoms with E-state index in [1.165, 1.54) is 5.57 Å². The first kappa shape index (κ1) is 18.6. The van der Waals surface area contributed by atoms with Gasteiger partial charge in [0.15, 0.2) is 0 Å². The molecule has 0 bridgehead atoms. The molecule has 26 heavy (non-hydrogen) atoms. The van der Waals surface area contributed by atoms with Crippen molar-refractivity contribution < 1.29 is 4.79 Å². The lowest BCUT2D eigenvalue weighted by Crippen LogP contribution is -2.35. The molecule has 1 amide bonds. The quantitative estimate of drug-likeness (QED) is 0.786. The second kappa shape index (κ2) is 7.23. The van der Waals surface area contributed by atoms with Crippen molar-refractivity contribution in [2.75, 3.05) is 30.8 Å². The third kappa shape index (κ3) is 3.40. The number of nitrogens with one attached hydrogen (secondary N) is 1. The lowest BCUT2D eigenvalue weighted by molar-refractivity contribution is -0.120. The van der Waals surface area contributed by atoms with Gasteiger partial charge in [-0.15, -0.1) is 0 Å². The number of aromatic nitrogens is 2. The van der Waals surface area contributed by atoms with Crippen LogP contribution in [0.5, 0.6) is 0 Å². The summed E-state index contributed by atoms with van der Waals surface area (Å²) in [7, 11) is 1.63. The molecule has 2 aliphatic heterocycles. The molecule has 7 nitrogen and oxygen atoms in total. The van der Waals surface area contributed by atoms with Crippen molar-refractivity contribution >= 4 is 35.5 Å². The zero-order valence-electron chi connectivity index (χ0n) is 15.6. The number of carbonyl (C=O) groups is 1. The summed E-state index contributed by atoms with van der Waals surface area (Å²) in [6, 6.07) is 0. The number of aliphatic imine (C=N–C) groups is 1. The van der Waals surface area contributed by atoms with E-state index < -0.39 is 0 Å². The molecule has 0 spiro atoms. The molecule has 3 rings (SSSR count). The number of amides is 1. The summed E-state index contributed by atoms with van der Waals surface area (Å²) in [6.45, 7) is 7.80. The fraction of sp³-hybridized carbons (Fsp3) is 0.556. The average molecular weight is 377 g/mol. The number of fused-ring (bicyclic) bond motifs is 1. The molecule has 1 aromatic rings. The number of allylic oxidation sites excluding steroid dienone is 2. The number of rotatable bonds is 4.